The molecule has 6 rings (SSSR count). The first-order chi connectivity index (χ1) is 17.1. The minimum absolute atomic E-state index is 0.0640. The Morgan fingerprint density at radius 1 is 1.20 bits per heavy atom. The third-order valence-corrected chi connectivity index (χ3v) is 7.53. The molecule has 3 atom stereocenters. The summed E-state index contributed by atoms with van der Waals surface area (Å²) in [4.78, 5) is 21.6. The van der Waals surface area contributed by atoms with Crippen LogP contribution in [0.3, 0.4) is 0 Å². The number of hydrogen-bond acceptors (Lipinski definition) is 9. The van der Waals surface area contributed by atoms with Gasteiger partial charge in [-0.15, -0.1) is 0 Å². The van der Waals surface area contributed by atoms with Crippen molar-refractivity contribution in [2.24, 2.45) is 16.6 Å². The Kier molecular flexibility index (Phi) is 5.36. The standard InChI is InChI=1S/C24H20F2N6O2S/c25-11-24(16-8-20(16)35-23(27)32-24)15-5-13(1-2-17(15)26)6-18-22-19(31-12-30-18)7-14(9-29-22)34-10-21-28-3-4-33-21/h1-5,7,9,12,16,20H,6,8,10-11H2,(H2,27,32)/t16-,20+,24-/m1/s1. The number of nitrogens with two attached hydrogens (primary N) is 1. The number of benzene rings is 1. The first kappa shape index (κ1) is 21.9. The van der Waals surface area contributed by atoms with Gasteiger partial charge in [0.2, 0.25) is 5.89 Å². The van der Waals surface area contributed by atoms with Crippen molar-refractivity contribution in [2.45, 2.75) is 30.2 Å². The molecule has 0 saturated heterocycles. The van der Waals surface area contributed by atoms with Crippen molar-refractivity contribution in [1.29, 1.82) is 0 Å². The SMILES string of the molecule is NC1=N[C@](CF)(c2cc(Cc3ncnc4cc(OCc5ncco5)cnc34)ccc2F)[C@@H]2C[C@@H]2S1. The van der Waals surface area contributed by atoms with E-state index >= 15 is 0 Å². The molecule has 2 N–H and O–H groups in total. The maximum atomic E-state index is 15.0. The number of alkyl halides is 1. The number of aromatic nitrogens is 4. The summed E-state index contributed by atoms with van der Waals surface area (Å²) in [6.07, 6.45) is 7.18. The molecule has 0 spiro atoms. The number of rotatable bonds is 7. The summed E-state index contributed by atoms with van der Waals surface area (Å²) in [6, 6.07) is 6.47. The fourth-order valence-corrected chi connectivity index (χ4v) is 5.81. The second kappa shape index (κ2) is 8.56. The number of ether oxygens (including phenoxy) is 1. The molecular weight excluding hydrogens is 474 g/mol. The number of oxazole rings is 1. The van der Waals surface area contributed by atoms with E-state index in [1.54, 1.807) is 30.6 Å². The lowest BCUT2D eigenvalue weighted by atomic mass is 9.85. The molecule has 0 bridgehead atoms. The molecule has 35 heavy (non-hydrogen) atoms. The zero-order valence-electron chi connectivity index (χ0n) is 18.4. The third kappa shape index (κ3) is 3.99. The second-order valence-corrected chi connectivity index (χ2v) is 9.83. The summed E-state index contributed by atoms with van der Waals surface area (Å²) >= 11 is 1.44. The van der Waals surface area contributed by atoms with Gasteiger partial charge in [-0.1, -0.05) is 17.8 Å². The van der Waals surface area contributed by atoms with E-state index in [2.05, 4.69) is 24.9 Å². The highest BCUT2D eigenvalue weighted by molar-refractivity contribution is 8.14. The summed E-state index contributed by atoms with van der Waals surface area (Å²) in [5.41, 5.74) is 7.54. The Hall–Kier alpha value is -3.60. The van der Waals surface area contributed by atoms with E-state index in [0.717, 1.165) is 12.0 Å². The van der Waals surface area contributed by atoms with Gasteiger partial charge in [-0.25, -0.2) is 33.7 Å². The molecule has 4 heterocycles. The van der Waals surface area contributed by atoms with Crippen LogP contribution >= 0.6 is 11.8 Å². The predicted octanol–water partition coefficient (Wildman–Crippen LogP) is 3.94. The van der Waals surface area contributed by atoms with Gasteiger partial charge in [0.25, 0.3) is 0 Å². The van der Waals surface area contributed by atoms with E-state index in [4.69, 9.17) is 14.9 Å². The highest BCUT2D eigenvalue weighted by Gasteiger charge is 2.58. The van der Waals surface area contributed by atoms with Crippen molar-refractivity contribution in [3.8, 4) is 5.75 Å². The highest BCUT2D eigenvalue weighted by atomic mass is 32.2. The van der Waals surface area contributed by atoms with Crippen LogP contribution in [0.25, 0.3) is 11.0 Å². The molecule has 1 aliphatic heterocycles. The molecule has 0 radical (unpaired) electrons. The molecule has 1 aromatic carbocycles. The van der Waals surface area contributed by atoms with Crippen LogP contribution in [-0.4, -0.2) is 37.0 Å². The van der Waals surface area contributed by atoms with Crippen LogP contribution < -0.4 is 10.5 Å². The minimum atomic E-state index is -1.28. The number of halogens is 2. The fraction of sp³-hybridized carbons (Fsp3) is 0.292. The first-order valence-corrected chi connectivity index (χ1v) is 11.9. The molecule has 2 aliphatic rings. The average Bonchev–Trinajstić information content (AvgIpc) is 3.46. The van der Waals surface area contributed by atoms with Crippen LogP contribution in [0.5, 0.6) is 5.75 Å². The number of aliphatic imine (C=N–C) groups is 1. The van der Waals surface area contributed by atoms with Crippen LogP contribution in [-0.2, 0) is 18.6 Å². The molecule has 3 aromatic heterocycles. The molecule has 8 nitrogen and oxygen atoms in total. The number of fused-ring (bicyclic) bond motifs is 2. The second-order valence-electron chi connectivity index (χ2n) is 8.57. The lowest BCUT2D eigenvalue weighted by molar-refractivity contribution is 0.262. The number of hydrogen-bond donors (Lipinski definition) is 1. The quantitative estimate of drug-likeness (QED) is 0.411. The van der Waals surface area contributed by atoms with E-state index in [-0.39, 0.29) is 23.3 Å². The zero-order chi connectivity index (χ0) is 24.0. The molecular formula is C24H20F2N6O2S. The van der Waals surface area contributed by atoms with Gasteiger partial charge in [0.1, 0.15) is 41.9 Å². The van der Waals surface area contributed by atoms with Gasteiger partial charge in [-0.2, -0.15) is 0 Å². The van der Waals surface area contributed by atoms with Crippen molar-refractivity contribution in [3.63, 3.8) is 0 Å². The van der Waals surface area contributed by atoms with Crippen molar-refractivity contribution in [2.75, 3.05) is 6.67 Å². The van der Waals surface area contributed by atoms with Crippen molar-refractivity contribution < 1.29 is 17.9 Å². The molecule has 1 saturated carbocycles. The molecule has 0 unspecified atom stereocenters. The van der Waals surface area contributed by atoms with Gasteiger partial charge < -0.3 is 14.9 Å². The van der Waals surface area contributed by atoms with Gasteiger partial charge in [-0.3, -0.25) is 0 Å². The van der Waals surface area contributed by atoms with Crippen LogP contribution in [0.1, 0.15) is 29.1 Å². The molecule has 1 aliphatic carbocycles. The lowest BCUT2D eigenvalue weighted by Crippen LogP contribution is -2.36. The number of amidine groups is 1. The van der Waals surface area contributed by atoms with E-state index in [0.29, 0.717) is 40.0 Å². The van der Waals surface area contributed by atoms with E-state index in [1.807, 2.05) is 0 Å². The molecule has 4 aromatic rings. The van der Waals surface area contributed by atoms with Crippen molar-refractivity contribution in [1.82, 2.24) is 19.9 Å². The van der Waals surface area contributed by atoms with E-state index in [9.17, 15) is 8.78 Å². The Balaban J connectivity index is 1.30. The Morgan fingerprint density at radius 2 is 2.11 bits per heavy atom. The minimum Gasteiger partial charge on any atom is -0.482 e. The summed E-state index contributed by atoms with van der Waals surface area (Å²) in [5, 5.41) is 0.486. The van der Waals surface area contributed by atoms with Crippen molar-refractivity contribution in [3.05, 3.63) is 77.8 Å². The van der Waals surface area contributed by atoms with Gasteiger partial charge in [0, 0.05) is 29.2 Å². The monoisotopic (exact) mass is 494 g/mol. The normalized spacial score (nSPS) is 23.1. The van der Waals surface area contributed by atoms with Gasteiger partial charge in [-0.05, 0) is 24.1 Å². The van der Waals surface area contributed by atoms with Crippen LogP contribution in [0.2, 0.25) is 0 Å². The highest BCUT2D eigenvalue weighted by Crippen LogP contribution is 2.58. The van der Waals surface area contributed by atoms with Gasteiger partial charge >= 0.3 is 0 Å². The number of thioether (sulfide) groups is 1. The molecule has 0 amide bonds. The summed E-state index contributed by atoms with van der Waals surface area (Å²) in [6.45, 7) is -0.635. The summed E-state index contributed by atoms with van der Waals surface area (Å²) in [7, 11) is 0. The van der Waals surface area contributed by atoms with E-state index < -0.39 is 18.0 Å². The largest absolute Gasteiger partial charge is 0.482 e. The Labute approximate surface area is 203 Å². The number of nitrogens with zero attached hydrogens (tertiary/aromatic N) is 5. The summed E-state index contributed by atoms with van der Waals surface area (Å²) < 4.78 is 40.2. The maximum Gasteiger partial charge on any atom is 0.232 e. The fourth-order valence-electron chi connectivity index (χ4n) is 4.59. The van der Waals surface area contributed by atoms with E-state index in [1.165, 1.54) is 30.4 Å². The number of pyridine rings is 1. The summed E-state index contributed by atoms with van der Waals surface area (Å²) in [5.74, 6) is 0.413. The Bertz CT molecular complexity index is 1430. The van der Waals surface area contributed by atoms with Crippen molar-refractivity contribution >= 4 is 28.0 Å². The molecule has 11 heteroatoms. The topological polar surface area (TPSA) is 112 Å². The molecule has 1 fully saturated rings. The van der Waals surface area contributed by atoms with Crippen LogP contribution in [0, 0.1) is 11.7 Å². The van der Waals surface area contributed by atoms with Crippen LogP contribution in [0.15, 0.2) is 58.7 Å². The average molecular weight is 495 g/mol. The smallest absolute Gasteiger partial charge is 0.232 e. The van der Waals surface area contributed by atoms with Crippen LogP contribution in [0.4, 0.5) is 8.78 Å². The Morgan fingerprint density at radius 3 is 2.94 bits per heavy atom. The first-order valence-electron chi connectivity index (χ1n) is 11.0. The van der Waals surface area contributed by atoms with Gasteiger partial charge in [0.05, 0.1) is 23.6 Å². The molecule has 178 valence electrons. The maximum absolute atomic E-state index is 15.0. The third-order valence-electron chi connectivity index (χ3n) is 6.37. The predicted molar refractivity (Wildman–Crippen MR) is 126 cm³/mol. The van der Waals surface area contributed by atoms with Gasteiger partial charge in [0.15, 0.2) is 11.8 Å². The zero-order valence-corrected chi connectivity index (χ0v) is 19.2. The lowest BCUT2D eigenvalue weighted by Gasteiger charge is -2.31.